The van der Waals surface area contributed by atoms with Crippen LogP contribution in [-0.2, 0) is 4.79 Å². The number of anilines is 1. The quantitative estimate of drug-likeness (QED) is 0.311. The van der Waals surface area contributed by atoms with Gasteiger partial charge in [0.1, 0.15) is 5.82 Å². The summed E-state index contributed by atoms with van der Waals surface area (Å²) in [5, 5.41) is 7.11. The van der Waals surface area contributed by atoms with Crippen LogP contribution in [0.1, 0.15) is 52.3 Å². The summed E-state index contributed by atoms with van der Waals surface area (Å²) in [6.07, 6.45) is 3.99. The Kier molecular flexibility index (Phi) is 7.24. The third kappa shape index (κ3) is 5.17. The lowest BCUT2D eigenvalue weighted by Gasteiger charge is -2.28. The largest absolute Gasteiger partial charge is 0.352 e. The summed E-state index contributed by atoms with van der Waals surface area (Å²) in [5.41, 5.74) is 7.27. The maximum Gasteiger partial charge on any atom is 0.226 e. The number of amides is 1. The van der Waals surface area contributed by atoms with Crippen LogP contribution >= 0.6 is 12.2 Å². The Morgan fingerprint density at radius 3 is 2.45 bits per heavy atom. The van der Waals surface area contributed by atoms with Gasteiger partial charge in [-0.15, -0.1) is 0 Å². The lowest BCUT2D eigenvalue weighted by molar-refractivity contribution is -0.116. The molecule has 0 radical (unpaired) electrons. The van der Waals surface area contributed by atoms with Crippen molar-refractivity contribution in [2.45, 2.75) is 46.2 Å². The Balaban J connectivity index is 1.46. The van der Waals surface area contributed by atoms with Crippen LogP contribution in [0.25, 0.3) is 5.82 Å². The first-order valence-electron chi connectivity index (χ1n) is 12.8. The van der Waals surface area contributed by atoms with Gasteiger partial charge in [0, 0.05) is 42.4 Å². The Morgan fingerprint density at radius 1 is 1.00 bits per heavy atom. The van der Waals surface area contributed by atoms with Crippen molar-refractivity contribution in [2.75, 3.05) is 11.9 Å². The van der Waals surface area contributed by atoms with E-state index in [1.807, 2.05) is 68.6 Å². The lowest BCUT2D eigenvalue weighted by Crippen LogP contribution is -2.32. The van der Waals surface area contributed by atoms with Crippen molar-refractivity contribution in [1.29, 1.82) is 0 Å². The first-order chi connectivity index (χ1) is 18.3. The fourth-order valence-electron chi connectivity index (χ4n) is 5.10. The molecule has 1 fully saturated rings. The molecule has 2 N–H and O–H groups in total. The highest BCUT2D eigenvalue weighted by atomic mass is 32.1. The van der Waals surface area contributed by atoms with Crippen molar-refractivity contribution < 1.29 is 4.79 Å². The van der Waals surface area contributed by atoms with Crippen molar-refractivity contribution in [3.63, 3.8) is 0 Å². The fraction of sp³-hybridized carbons (Fsp3) is 0.267. The standard InChI is InChI=1S/C30H32N6OS/c1-19-8-11-23(12-9-19)33-27(37)14-16-35-29(28(34-30(35)38)25-7-5-6-15-31-25)24-17-21(3)36(22(24)4)26-13-10-20(2)18-32-26/h5-13,15,17-18,28-29H,14,16H2,1-4H3,(H,33,37)(H,34,38)/t28-,29+/m1/s1. The number of thiocarbonyl (C=S) groups is 1. The number of nitrogens with zero attached hydrogens (tertiary/aromatic N) is 4. The summed E-state index contributed by atoms with van der Waals surface area (Å²) in [4.78, 5) is 24.3. The molecule has 2 atom stereocenters. The predicted molar refractivity (Wildman–Crippen MR) is 154 cm³/mol. The van der Waals surface area contributed by atoms with E-state index in [9.17, 15) is 4.79 Å². The molecular formula is C30H32N6OS. The molecular weight excluding hydrogens is 492 g/mol. The third-order valence-corrected chi connectivity index (χ3v) is 7.38. The first kappa shape index (κ1) is 25.6. The van der Waals surface area contributed by atoms with Crippen molar-refractivity contribution >= 4 is 28.9 Å². The van der Waals surface area contributed by atoms with E-state index in [2.05, 4.69) is 56.0 Å². The van der Waals surface area contributed by atoms with Crippen molar-refractivity contribution in [3.8, 4) is 5.82 Å². The van der Waals surface area contributed by atoms with Gasteiger partial charge >= 0.3 is 0 Å². The fourth-order valence-corrected chi connectivity index (χ4v) is 5.43. The Bertz CT molecular complexity index is 1450. The summed E-state index contributed by atoms with van der Waals surface area (Å²) in [6, 6.07) is 19.8. The second-order valence-corrected chi connectivity index (χ2v) is 10.2. The number of carbonyl (C=O) groups excluding carboxylic acids is 1. The van der Waals surface area contributed by atoms with E-state index in [0.717, 1.165) is 45.3 Å². The zero-order valence-electron chi connectivity index (χ0n) is 22.1. The van der Waals surface area contributed by atoms with Gasteiger partial charge in [0.2, 0.25) is 5.91 Å². The number of carbonyl (C=O) groups is 1. The van der Waals surface area contributed by atoms with Gasteiger partial charge in [-0.1, -0.05) is 29.8 Å². The van der Waals surface area contributed by atoms with Crippen molar-refractivity contribution in [2.24, 2.45) is 0 Å². The van der Waals surface area contributed by atoms with Gasteiger partial charge in [-0.05, 0) is 87.4 Å². The zero-order chi connectivity index (χ0) is 26.8. The SMILES string of the molecule is Cc1ccc(NC(=O)CCN2C(=S)N[C@H](c3ccccn3)[C@@H]2c2cc(C)n(-c3ccc(C)cn3)c2C)cc1. The Morgan fingerprint density at radius 2 is 1.76 bits per heavy atom. The molecule has 7 nitrogen and oxygen atoms in total. The molecule has 8 heteroatoms. The number of nitrogens with one attached hydrogen (secondary N) is 2. The molecule has 0 saturated carbocycles. The summed E-state index contributed by atoms with van der Waals surface area (Å²) in [5.74, 6) is 0.829. The van der Waals surface area contributed by atoms with Crippen molar-refractivity contribution in [1.82, 2.24) is 24.8 Å². The molecule has 4 heterocycles. The van der Waals surface area contributed by atoms with E-state index in [1.165, 1.54) is 0 Å². The van der Waals surface area contributed by atoms with Gasteiger partial charge < -0.3 is 20.1 Å². The summed E-state index contributed by atoms with van der Waals surface area (Å²) >= 11 is 5.82. The zero-order valence-corrected chi connectivity index (χ0v) is 22.9. The van der Waals surface area contributed by atoms with E-state index < -0.39 is 0 Å². The van der Waals surface area contributed by atoms with Crippen molar-refractivity contribution in [3.05, 3.63) is 107 Å². The van der Waals surface area contributed by atoms with Crippen LogP contribution in [0.3, 0.4) is 0 Å². The average Bonchev–Trinajstić information content (AvgIpc) is 3.39. The number of hydrogen-bond acceptors (Lipinski definition) is 4. The lowest BCUT2D eigenvalue weighted by atomic mass is 9.96. The molecule has 5 rings (SSSR count). The monoisotopic (exact) mass is 524 g/mol. The van der Waals surface area contributed by atoms with Crippen LogP contribution in [0.5, 0.6) is 0 Å². The molecule has 1 aliphatic rings. The average molecular weight is 525 g/mol. The maximum atomic E-state index is 12.9. The van der Waals surface area contributed by atoms with Crippen LogP contribution in [0.2, 0.25) is 0 Å². The van der Waals surface area contributed by atoms with Gasteiger partial charge in [-0.3, -0.25) is 9.78 Å². The van der Waals surface area contributed by atoms with Gasteiger partial charge in [0.25, 0.3) is 0 Å². The Hall–Kier alpha value is -4.04. The number of aryl methyl sites for hydroxylation is 3. The summed E-state index contributed by atoms with van der Waals surface area (Å²) in [7, 11) is 0. The topological polar surface area (TPSA) is 75.1 Å². The van der Waals surface area contributed by atoms with Gasteiger partial charge in [-0.2, -0.15) is 0 Å². The van der Waals surface area contributed by atoms with Crippen LogP contribution in [-0.4, -0.2) is 37.0 Å². The molecule has 0 aliphatic carbocycles. The molecule has 1 aromatic carbocycles. The minimum absolute atomic E-state index is 0.0500. The molecule has 0 unspecified atom stereocenters. The number of benzene rings is 1. The second-order valence-electron chi connectivity index (χ2n) is 9.84. The molecule has 194 valence electrons. The molecule has 1 saturated heterocycles. The van der Waals surface area contributed by atoms with E-state index in [0.29, 0.717) is 18.1 Å². The Labute approximate surface area is 228 Å². The van der Waals surface area contributed by atoms with Crippen LogP contribution in [0.4, 0.5) is 5.69 Å². The number of rotatable bonds is 7. The summed E-state index contributed by atoms with van der Waals surface area (Å²) in [6.45, 7) is 8.74. The van der Waals surface area contributed by atoms with Crippen LogP contribution in [0, 0.1) is 27.7 Å². The number of pyridine rings is 2. The molecule has 0 spiro atoms. The summed E-state index contributed by atoms with van der Waals surface area (Å²) < 4.78 is 2.17. The van der Waals surface area contributed by atoms with Gasteiger partial charge in [-0.25, -0.2) is 4.98 Å². The molecule has 4 aromatic rings. The third-order valence-electron chi connectivity index (χ3n) is 7.03. The highest BCUT2D eigenvalue weighted by Gasteiger charge is 2.41. The highest BCUT2D eigenvalue weighted by molar-refractivity contribution is 7.80. The van der Waals surface area contributed by atoms with E-state index in [4.69, 9.17) is 12.2 Å². The van der Waals surface area contributed by atoms with E-state index in [1.54, 1.807) is 6.20 Å². The number of hydrogen-bond donors (Lipinski definition) is 2. The highest BCUT2D eigenvalue weighted by Crippen LogP contribution is 2.41. The molecule has 38 heavy (non-hydrogen) atoms. The van der Waals surface area contributed by atoms with Gasteiger partial charge in [0.05, 0.1) is 17.8 Å². The second kappa shape index (κ2) is 10.8. The predicted octanol–water partition coefficient (Wildman–Crippen LogP) is 5.50. The van der Waals surface area contributed by atoms with Crippen LogP contribution in [0.15, 0.2) is 73.1 Å². The van der Waals surface area contributed by atoms with Gasteiger partial charge in [0.15, 0.2) is 5.11 Å². The maximum absolute atomic E-state index is 12.9. The molecule has 0 bridgehead atoms. The first-order valence-corrected chi connectivity index (χ1v) is 13.2. The van der Waals surface area contributed by atoms with E-state index in [-0.39, 0.29) is 18.0 Å². The molecule has 3 aromatic heterocycles. The van der Waals surface area contributed by atoms with E-state index >= 15 is 0 Å². The minimum atomic E-state index is -0.149. The molecule has 1 aliphatic heterocycles. The smallest absolute Gasteiger partial charge is 0.226 e. The number of aromatic nitrogens is 3. The normalized spacial score (nSPS) is 16.9. The minimum Gasteiger partial charge on any atom is -0.352 e. The molecule has 1 amide bonds. The van der Waals surface area contributed by atoms with Crippen LogP contribution < -0.4 is 10.6 Å².